The van der Waals surface area contributed by atoms with Gasteiger partial charge >= 0.3 is 0 Å². The molecule has 104 valence electrons. The lowest BCUT2D eigenvalue weighted by atomic mass is 10.1. The standard InChI is InChI=1S/C16H17FN2O/c1-19(11-13-2-6-14(17)7-3-13)16(20)10-12-4-8-15(18)9-5-12/h2-9H,10-11,18H2,1H3. The molecule has 0 radical (unpaired) electrons. The lowest BCUT2D eigenvalue weighted by molar-refractivity contribution is -0.129. The van der Waals surface area contributed by atoms with Crippen molar-refractivity contribution < 1.29 is 9.18 Å². The van der Waals surface area contributed by atoms with E-state index in [1.54, 1.807) is 36.2 Å². The van der Waals surface area contributed by atoms with Crippen molar-refractivity contribution in [2.75, 3.05) is 12.8 Å². The second-order valence-corrected chi connectivity index (χ2v) is 4.79. The molecule has 0 spiro atoms. The van der Waals surface area contributed by atoms with E-state index in [0.29, 0.717) is 18.7 Å². The Morgan fingerprint density at radius 3 is 2.20 bits per heavy atom. The van der Waals surface area contributed by atoms with Crippen LogP contribution in [0.2, 0.25) is 0 Å². The average molecular weight is 272 g/mol. The number of anilines is 1. The molecule has 0 bridgehead atoms. The number of amides is 1. The highest BCUT2D eigenvalue weighted by Gasteiger charge is 2.10. The van der Waals surface area contributed by atoms with E-state index in [0.717, 1.165) is 11.1 Å². The first kappa shape index (κ1) is 14.1. The van der Waals surface area contributed by atoms with Crippen LogP contribution < -0.4 is 5.73 Å². The number of likely N-dealkylation sites (N-methyl/N-ethyl adjacent to an activating group) is 1. The summed E-state index contributed by atoms with van der Waals surface area (Å²) in [4.78, 5) is 13.7. The van der Waals surface area contributed by atoms with Gasteiger partial charge in [0.05, 0.1) is 6.42 Å². The smallest absolute Gasteiger partial charge is 0.227 e. The molecule has 0 saturated heterocycles. The maximum atomic E-state index is 12.8. The molecular formula is C16H17FN2O. The lowest BCUT2D eigenvalue weighted by Crippen LogP contribution is -2.27. The molecule has 0 fully saturated rings. The van der Waals surface area contributed by atoms with Crippen molar-refractivity contribution in [1.82, 2.24) is 4.90 Å². The fraction of sp³-hybridized carbons (Fsp3) is 0.188. The maximum Gasteiger partial charge on any atom is 0.227 e. The van der Waals surface area contributed by atoms with Gasteiger partial charge in [0, 0.05) is 19.3 Å². The number of carbonyl (C=O) groups is 1. The number of nitrogens with two attached hydrogens (primary N) is 1. The van der Waals surface area contributed by atoms with E-state index in [1.165, 1.54) is 12.1 Å². The number of nitrogens with zero attached hydrogens (tertiary/aromatic N) is 1. The van der Waals surface area contributed by atoms with Crippen LogP contribution in [0.15, 0.2) is 48.5 Å². The molecule has 0 saturated carbocycles. The minimum Gasteiger partial charge on any atom is -0.399 e. The van der Waals surface area contributed by atoms with Crippen LogP contribution in [0, 0.1) is 5.82 Å². The molecule has 0 heterocycles. The predicted octanol–water partition coefficient (Wildman–Crippen LogP) is 2.61. The van der Waals surface area contributed by atoms with Crippen LogP contribution in [0.1, 0.15) is 11.1 Å². The highest BCUT2D eigenvalue weighted by molar-refractivity contribution is 5.78. The van der Waals surface area contributed by atoms with Gasteiger partial charge < -0.3 is 10.6 Å². The Morgan fingerprint density at radius 1 is 1.05 bits per heavy atom. The largest absolute Gasteiger partial charge is 0.399 e. The van der Waals surface area contributed by atoms with Crippen LogP contribution in [-0.4, -0.2) is 17.9 Å². The van der Waals surface area contributed by atoms with Crippen LogP contribution in [-0.2, 0) is 17.8 Å². The van der Waals surface area contributed by atoms with Gasteiger partial charge in [-0.25, -0.2) is 4.39 Å². The minimum absolute atomic E-state index is 0.0131. The summed E-state index contributed by atoms with van der Waals surface area (Å²) >= 11 is 0. The third-order valence-electron chi connectivity index (χ3n) is 3.09. The first-order valence-electron chi connectivity index (χ1n) is 6.37. The first-order valence-corrected chi connectivity index (χ1v) is 6.37. The highest BCUT2D eigenvalue weighted by atomic mass is 19.1. The van der Waals surface area contributed by atoms with Crippen molar-refractivity contribution in [3.05, 3.63) is 65.5 Å². The normalized spacial score (nSPS) is 10.3. The molecule has 0 aromatic heterocycles. The van der Waals surface area contributed by atoms with E-state index >= 15 is 0 Å². The topological polar surface area (TPSA) is 46.3 Å². The number of hydrogen-bond acceptors (Lipinski definition) is 2. The molecule has 0 unspecified atom stereocenters. The first-order chi connectivity index (χ1) is 9.54. The van der Waals surface area contributed by atoms with Crippen molar-refractivity contribution in [2.45, 2.75) is 13.0 Å². The predicted molar refractivity (Wildman–Crippen MR) is 77.4 cm³/mol. The van der Waals surface area contributed by atoms with Gasteiger partial charge in [-0.1, -0.05) is 24.3 Å². The Kier molecular flexibility index (Phi) is 4.35. The zero-order valence-corrected chi connectivity index (χ0v) is 11.3. The SMILES string of the molecule is CN(Cc1ccc(F)cc1)C(=O)Cc1ccc(N)cc1. The third-order valence-corrected chi connectivity index (χ3v) is 3.09. The Hall–Kier alpha value is -2.36. The zero-order valence-electron chi connectivity index (χ0n) is 11.3. The van der Waals surface area contributed by atoms with Crippen molar-refractivity contribution in [2.24, 2.45) is 0 Å². The monoisotopic (exact) mass is 272 g/mol. The molecule has 1 amide bonds. The summed E-state index contributed by atoms with van der Waals surface area (Å²) in [5, 5.41) is 0. The molecule has 2 N–H and O–H groups in total. The van der Waals surface area contributed by atoms with Crippen LogP contribution in [0.5, 0.6) is 0 Å². The Labute approximate surface area is 117 Å². The van der Waals surface area contributed by atoms with E-state index in [9.17, 15) is 9.18 Å². The summed E-state index contributed by atoms with van der Waals surface area (Å²) in [7, 11) is 1.74. The Bertz CT molecular complexity index is 578. The number of nitrogen functional groups attached to an aromatic ring is 1. The molecule has 0 aliphatic carbocycles. The van der Waals surface area contributed by atoms with Gasteiger partial charge in [0.1, 0.15) is 5.82 Å². The van der Waals surface area contributed by atoms with Gasteiger partial charge in [-0.3, -0.25) is 4.79 Å². The Morgan fingerprint density at radius 2 is 1.60 bits per heavy atom. The lowest BCUT2D eigenvalue weighted by Gasteiger charge is -2.17. The summed E-state index contributed by atoms with van der Waals surface area (Å²) in [5.41, 5.74) is 8.12. The van der Waals surface area contributed by atoms with Crippen molar-refractivity contribution in [3.8, 4) is 0 Å². The van der Waals surface area contributed by atoms with E-state index in [2.05, 4.69) is 0 Å². The molecular weight excluding hydrogens is 255 g/mol. The van der Waals surface area contributed by atoms with Crippen LogP contribution in [0.4, 0.5) is 10.1 Å². The van der Waals surface area contributed by atoms with E-state index < -0.39 is 0 Å². The molecule has 2 aromatic carbocycles. The molecule has 0 aliphatic heterocycles. The van der Waals surface area contributed by atoms with Gasteiger partial charge in [-0.2, -0.15) is 0 Å². The van der Waals surface area contributed by atoms with Crippen molar-refractivity contribution in [1.29, 1.82) is 0 Å². The molecule has 4 heteroatoms. The molecule has 0 aliphatic rings. The fourth-order valence-electron chi connectivity index (χ4n) is 1.90. The molecule has 2 rings (SSSR count). The molecule has 2 aromatic rings. The van der Waals surface area contributed by atoms with Gasteiger partial charge in [0.2, 0.25) is 5.91 Å². The molecule has 20 heavy (non-hydrogen) atoms. The Balaban J connectivity index is 1.94. The number of halogens is 1. The number of benzene rings is 2. The van der Waals surface area contributed by atoms with Gasteiger partial charge in [0.25, 0.3) is 0 Å². The summed E-state index contributed by atoms with van der Waals surface area (Å²) in [6.07, 6.45) is 0.331. The summed E-state index contributed by atoms with van der Waals surface area (Å²) < 4.78 is 12.8. The average Bonchev–Trinajstić information content (AvgIpc) is 2.44. The molecule has 3 nitrogen and oxygen atoms in total. The summed E-state index contributed by atoms with van der Waals surface area (Å²) in [5.74, 6) is -0.260. The van der Waals surface area contributed by atoms with E-state index in [-0.39, 0.29) is 11.7 Å². The van der Waals surface area contributed by atoms with Gasteiger partial charge in [0.15, 0.2) is 0 Å². The fourth-order valence-corrected chi connectivity index (χ4v) is 1.90. The van der Waals surface area contributed by atoms with E-state index in [1.807, 2.05) is 12.1 Å². The third kappa shape index (κ3) is 3.82. The van der Waals surface area contributed by atoms with E-state index in [4.69, 9.17) is 5.73 Å². The van der Waals surface area contributed by atoms with Gasteiger partial charge in [-0.15, -0.1) is 0 Å². The van der Waals surface area contributed by atoms with Crippen LogP contribution in [0.3, 0.4) is 0 Å². The quantitative estimate of drug-likeness (QED) is 0.870. The second kappa shape index (κ2) is 6.19. The number of hydrogen-bond donors (Lipinski definition) is 1. The van der Waals surface area contributed by atoms with Crippen molar-refractivity contribution >= 4 is 11.6 Å². The zero-order chi connectivity index (χ0) is 14.5. The minimum atomic E-state index is -0.274. The summed E-state index contributed by atoms with van der Waals surface area (Å²) in [6.45, 7) is 0.466. The number of carbonyl (C=O) groups excluding carboxylic acids is 1. The highest BCUT2D eigenvalue weighted by Crippen LogP contribution is 2.10. The number of rotatable bonds is 4. The van der Waals surface area contributed by atoms with Crippen LogP contribution in [0.25, 0.3) is 0 Å². The van der Waals surface area contributed by atoms with Crippen LogP contribution >= 0.6 is 0 Å². The maximum absolute atomic E-state index is 12.8. The molecule has 0 atom stereocenters. The second-order valence-electron chi connectivity index (χ2n) is 4.79. The van der Waals surface area contributed by atoms with Crippen molar-refractivity contribution in [3.63, 3.8) is 0 Å². The van der Waals surface area contributed by atoms with Gasteiger partial charge in [-0.05, 0) is 35.4 Å². The summed E-state index contributed by atoms with van der Waals surface area (Å²) in [6, 6.07) is 13.4.